The first kappa shape index (κ1) is 15.9. The van der Waals surface area contributed by atoms with Gasteiger partial charge in [0.2, 0.25) is 5.82 Å². The second-order valence-electron chi connectivity index (χ2n) is 4.99. The number of aromatic nitrogens is 5. The third-order valence-electron chi connectivity index (χ3n) is 3.30. The van der Waals surface area contributed by atoms with Gasteiger partial charge in [-0.05, 0) is 19.1 Å². The van der Waals surface area contributed by atoms with E-state index in [0.29, 0.717) is 16.5 Å². The van der Waals surface area contributed by atoms with Crippen LogP contribution in [0.25, 0.3) is 5.69 Å². The van der Waals surface area contributed by atoms with Gasteiger partial charge in [0.05, 0.1) is 10.7 Å². The van der Waals surface area contributed by atoms with E-state index in [2.05, 4.69) is 20.4 Å². The van der Waals surface area contributed by atoms with Gasteiger partial charge in [0.1, 0.15) is 5.82 Å². The van der Waals surface area contributed by atoms with Crippen LogP contribution in [-0.2, 0) is 7.05 Å². The lowest BCUT2D eigenvalue weighted by Crippen LogP contribution is -2.25. The Morgan fingerprint density at radius 3 is 2.79 bits per heavy atom. The number of halogens is 1. The van der Waals surface area contributed by atoms with Crippen molar-refractivity contribution in [2.24, 2.45) is 7.05 Å². The Hall–Kier alpha value is -3.00. The first-order valence-corrected chi connectivity index (χ1v) is 7.36. The second kappa shape index (κ2) is 6.25. The van der Waals surface area contributed by atoms with Crippen molar-refractivity contribution in [3.8, 4) is 5.69 Å². The van der Waals surface area contributed by atoms with Gasteiger partial charge in [0.15, 0.2) is 5.82 Å². The Labute approximate surface area is 141 Å². The molecule has 0 bridgehead atoms. The molecular weight excluding hydrogens is 332 g/mol. The lowest BCUT2D eigenvalue weighted by atomic mass is 10.3. The molecule has 2 aromatic heterocycles. The summed E-state index contributed by atoms with van der Waals surface area (Å²) in [5.74, 6) is -0.307. The van der Waals surface area contributed by atoms with Crippen molar-refractivity contribution in [1.82, 2.24) is 24.3 Å². The number of carbonyl (C=O) groups is 1. The maximum atomic E-state index is 12.3. The summed E-state index contributed by atoms with van der Waals surface area (Å²) < 4.78 is 2.78. The van der Waals surface area contributed by atoms with Crippen LogP contribution in [0.15, 0.2) is 41.5 Å². The Bertz CT molecular complexity index is 978. The van der Waals surface area contributed by atoms with Gasteiger partial charge in [-0.25, -0.2) is 14.6 Å². The third kappa shape index (κ3) is 2.91. The normalized spacial score (nSPS) is 10.6. The van der Waals surface area contributed by atoms with Gasteiger partial charge in [0.25, 0.3) is 11.5 Å². The highest BCUT2D eigenvalue weighted by atomic mass is 35.5. The Kier molecular flexibility index (Phi) is 4.13. The SMILES string of the molecule is Cc1nc(C(=O)Nc2nccn(C)c2=O)nn1-c1ccccc1Cl. The van der Waals surface area contributed by atoms with Crippen LogP contribution in [0, 0.1) is 6.92 Å². The van der Waals surface area contributed by atoms with Gasteiger partial charge in [-0.15, -0.1) is 5.10 Å². The van der Waals surface area contributed by atoms with Gasteiger partial charge < -0.3 is 4.57 Å². The molecule has 0 aliphatic carbocycles. The number of benzene rings is 1. The number of anilines is 1. The predicted molar refractivity (Wildman–Crippen MR) is 88.5 cm³/mol. The standard InChI is InChI=1S/C15H13ClN6O2/c1-9-18-12(20-22(9)11-6-4-3-5-10(11)16)14(23)19-13-15(24)21(2)8-7-17-13/h3-8H,1-2H3,(H,17,19,23). The summed E-state index contributed by atoms with van der Waals surface area (Å²) >= 11 is 6.14. The maximum Gasteiger partial charge on any atom is 0.296 e. The van der Waals surface area contributed by atoms with E-state index in [1.807, 2.05) is 0 Å². The fourth-order valence-electron chi connectivity index (χ4n) is 2.08. The summed E-state index contributed by atoms with van der Waals surface area (Å²) in [6, 6.07) is 7.08. The molecule has 0 radical (unpaired) electrons. The van der Waals surface area contributed by atoms with Gasteiger partial charge >= 0.3 is 0 Å². The highest BCUT2D eigenvalue weighted by Gasteiger charge is 2.18. The van der Waals surface area contributed by atoms with Crippen LogP contribution in [-0.4, -0.2) is 30.2 Å². The zero-order valence-corrected chi connectivity index (χ0v) is 13.7. The van der Waals surface area contributed by atoms with Gasteiger partial charge in [-0.2, -0.15) is 0 Å². The molecule has 0 spiro atoms. The number of para-hydroxylation sites is 1. The molecule has 9 heteroatoms. The van der Waals surface area contributed by atoms with Crippen LogP contribution in [0.4, 0.5) is 5.82 Å². The number of hydrogen-bond donors (Lipinski definition) is 1. The molecule has 0 aliphatic heterocycles. The Balaban J connectivity index is 1.92. The minimum atomic E-state index is -0.625. The average molecular weight is 345 g/mol. The smallest absolute Gasteiger partial charge is 0.296 e. The molecule has 24 heavy (non-hydrogen) atoms. The van der Waals surface area contributed by atoms with E-state index < -0.39 is 11.5 Å². The Morgan fingerprint density at radius 2 is 2.04 bits per heavy atom. The molecule has 1 N–H and O–H groups in total. The molecule has 8 nitrogen and oxygen atoms in total. The molecule has 2 heterocycles. The zero-order chi connectivity index (χ0) is 17.3. The van der Waals surface area contributed by atoms with Crippen molar-refractivity contribution in [2.45, 2.75) is 6.92 Å². The molecule has 0 atom stereocenters. The molecule has 0 unspecified atom stereocenters. The van der Waals surface area contributed by atoms with Crippen molar-refractivity contribution < 1.29 is 4.79 Å². The third-order valence-corrected chi connectivity index (χ3v) is 3.62. The fraction of sp³-hybridized carbons (Fsp3) is 0.133. The molecule has 122 valence electrons. The second-order valence-corrected chi connectivity index (χ2v) is 5.40. The van der Waals surface area contributed by atoms with Crippen LogP contribution in [0.1, 0.15) is 16.4 Å². The minimum absolute atomic E-state index is 0.0832. The molecule has 0 fully saturated rings. The highest BCUT2D eigenvalue weighted by Crippen LogP contribution is 2.20. The molecule has 0 aliphatic rings. The summed E-state index contributed by atoms with van der Waals surface area (Å²) in [6.07, 6.45) is 2.91. The van der Waals surface area contributed by atoms with Gasteiger partial charge in [-0.3, -0.25) is 14.9 Å². The van der Waals surface area contributed by atoms with E-state index in [1.165, 1.54) is 21.6 Å². The number of aryl methyl sites for hydroxylation is 2. The molecule has 3 aromatic rings. The van der Waals surface area contributed by atoms with E-state index in [4.69, 9.17) is 11.6 Å². The lowest BCUT2D eigenvalue weighted by Gasteiger charge is -2.04. The number of carbonyl (C=O) groups excluding carboxylic acids is 1. The molecule has 0 saturated carbocycles. The first-order chi connectivity index (χ1) is 11.5. The quantitative estimate of drug-likeness (QED) is 0.778. The van der Waals surface area contributed by atoms with E-state index in [-0.39, 0.29) is 11.6 Å². The first-order valence-electron chi connectivity index (χ1n) is 6.99. The number of nitrogens with one attached hydrogen (secondary N) is 1. The van der Waals surface area contributed by atoms with E-state index in [9.17, 15) is 9.59 Å². The van der Waals surface area contributed by atoms with Crippen molar-refractivity contribution >= 4 is 23.3 Å². The zero-order valence-electron chi connectivity index (χ0n) is 12.9. The number of rotatable bonds is 3. The van der Waals surface area contributed by atoms with Gasteiger partial charge in [-0.1, -0.05) is 23.7 Å². The fourth-order valence-corrected chi connectivity index (χ4v) is 2.30. The number of hydrogen-bond acceptors (Lipinski definition) is 5. The van der Waals surface area contributed by atoms with Crippen LogP contribution in [0.2, 0.25) is 5.02 Å². The number of amides is 1. The summed E-state index contributed by atoms with van der Waals surface area (Å²) in [6.45, 7) is 1.70. The monoisotopic (exact) mass is 344 g/mol. The van der Waals surface area contributed by atoms with E-state index in [1.54, 1.807) is 38.2 Å². The van der Waals surface area contributed by atoms with Crippen molar-refractivity contribution in [3.05, 3.63) is 63.7 Å². The summed E-state index contributed by atoms with van der Waals surface area (Å²) in [5.41, 5.74) is 0.185. The molecule has 3 rings (SSSR count). The highest BCUT2D eigenvalue weighted by molar-refractivity contribution is 6.32. The molecule has 1 amide bonds. The number of nitrogens with zero attached hydrogens (tertiary/aromatic N) is 5. The van der Waals surface area contributed by atoms with Crippen LogP contribution < -0.4 is 10.9 Å². The van der Waals surface area contributed by atoms with Gasteiger partial charge in [0, 0.05) is 19.4 Å². The average Bonchev–Trinajstić information content (AvgIpc) is 2.94. The predicted octanol–water partition coefficient (Wildman–Crippen LogP) is 1.58. The minimum Gasteiger partial charge on any atom is -0.314 e. The molecular formula is C15H13ClN6O2. The summed E-state index contributed by atoms with van der Waals surface area (Å²) in [5, 5.41) is 7.06. The summed E-state index contributed by atoms with van der Waals surface area (Å²) in [4.78, 5) is 32.2. The Morgan fingerprint density at radius 1 is 1.29 bits per heavy atom. The largest absolute Gasteiger partial charge is 0.314 e. The lowest BCUT2D eigenvalue weighted by molar-refractivity contribution is 0.101. The molecule has 1 aromatic carbocycles. The van der Waals surface area contributed by atoms with Crippen LogP contribution in [0.5, 0.6) is 0 Å². The van der Waals surface area contributed by atoms with Crippen molar-refractivity contribution in [1.29, 1.82) is 0 Å². The van der Waals surface area contributed by atoms with Crippen LogP contribution in [0.3, 0.4) is 0 Å². The van der Waals surface area contributed by atoms with Crippen molar-refractivity contribution in [2.75, 3.05) is 5.32 Å². The maximum absolute atomic E-state index is 12.3. The molecule has 0 saturated heterocycles. The van der Waals surface area contributed by atoms with Crippen molar-refractivity contribution in [3.63, 3.8) is 0 Å². The summed E-state index contributed by atoms with van der Waals surface area (Å²) in [7, 11) is 1.56. The van der Waals surface area contributed by atoms with E-state index >= 15 is 0 Å². The van der Waals surface area contributed by atoms with Crippen LogP contribution >= 0.6 is 11.6 Å². The van der Waals surface area contributed by atoms with E-state index in [0.717, 1.165) is 0 Å². The topological polar surface area (TPSA) is 94.7 Å².